The molecule has 0 unspecified atom stereocenters. The molecule has 0 aliphatic carbocycles. The van der Waals surface area contributed by atoms with E-state index in [0.29, 0.717) is 29.2 Å². The number of unbranched alkanes of at least 4 members (excludes halogenated alkanes) is 2. The molecule has 1 aromatic carbocycles. The Hall–Kier alpha value is -2.25. The van der Waals surface area contributed by atoms with Crippen LogP contribution in [0.5, 0.6) is 0 Å². The molecule has 3 rings (SSSR count). The largest absolute Gasteiger partial charge is 0.312 e. The quantitative estimate of drug-likeness (QED) is 0.474. The van der Waals surface area contributed by atoms with Crippen LogP contribution in [0.4, 0.5) is 5.00 Å². The van der Waals surface area contributed by atoms with Crippen molar-refractivity contribution in [2.75, 3.05) is 31.5 Å². The van der Waals surface area contributed by atoms with Gasteiger partial charge in [0.15, 0.2) is 0 Å². The van der Waals surface area contributed by atoms with Crippen LogP contribution < -0.4 is 5.32 Å². The van der Waals surface area contributed by atoms with Gasteiger partial charge in [0, 0.05) is 36.6 Å². The molecule has 7 nitrogen and oxygen atoms in total. The summed E-state index contributed by atoms with van der Waals surface area (Å²) in [6.45, 7) is 9.84. The van der Waals surface area contributed by atoms with Gasteiger partial charge < -0.3 is 5.32 Å². The minimum absolute atomic E-state index is 0.195. The number of likely N-dealkylation sites (N-methyl/N-ethyl adjacent to an activating group) is 1. The topological polar surface area (TPSA) is 93.5 Å². The molecule has 1 aliphatic heterocycles. The average molecular weight is 503 g/mol. The summed E-state index contributed by atoms with van der Waals surface area (Å²) < 4.78 is 27.8. The molecule has 0 saturated heterocycles. The fourth-order valence-electron chi connectivity index (χ4n) is 4.06. The standard InChI is InChI=1S/C25H34N4O3S2/c1-4-7-14-29(15-8-5-2)34(31,32)20-11-9-19(10-12-20)24(30)27-25-22(17-26)21-13-16-28(6-3)18-23(21)33-25/h9-12H,4-8,13-16,18H2,1-3H3,(H,27,30). The van der Waals surface area contributed by atoms with Crippen molar-refractivity contribution in [3.05, 3.63) is 45.8 Å². The number of rotatable bonds is 11. The van der Waals surface area contributed by atoms with Crippen LogP contribution >= 0.6 is 11.3 Å². The first-order valence-electron chi connectivity index (χ1n) is 12.0. The molecule has 0 bridgehead atoms. The average Bonchev–Trinajstić information content (AvgIpc) is 3.19. The van der Waals surface area contributed by atoms with Gasteiger partial charge in [0.1, 0.15) is 11.1 Å². The minimum atomic E-state index is -3.61. The number of nitriles is 1. The summed E-state index contributed by atoms with van der Waals surface area (Å²) in [6.07, 6.45) is 4.27. The molecule has 9 heteroatoms. The highest BCUT2D eigenvalue weighted by Gasteiger charge is 2.26. The summed E-state index contributed by atoms with van der Waals surface area (Å²) in [5.74, 6) is -0.347. The lowest BCUT2D eigenvalue weighted by Gasteiger charge is -2.24. The van der Waals surface area contributed by atoms with Gasteiger partial charge in [-0.2, -0.15) is 9.57 Å². The highest BCUT2D eigenvalue weighted by molar-refractivity contribution is 7.89. The van der Waals surface area contributed by atoms with Crippen molar-refractivity contribution in [1.29, 1.82) is 5.26 Å². The molecule has 1 aliphatic rings. The number of carbonyl (C=O) groups is 1. The molecular weight excluding hydrogens is 468 g/mol. The number of anilines is 1. The highest BCUT2D eigenvalue weighted by Crippen LogP contribution is 2.36. The van der Waals surface area contributed by atoms with Crippen LogP contribution in [0.2, 0.25) is 0 Å². The zero-order valence-electron chi connectivity index (χ0n) is 20.3. The third-order valence-corrected chi connectivity index (χ3v) is 9.24. The molecule has 2 heterocycles. The number of hydrogen-bond donors (Lipinski definition) is 1. The number of fused-ring (bicyclic) bond motifs is 1. The van der Waals surface area contributed by atoms with Gasteiger partial charge in [-0.05, 0) is 55.6 Å². The smallest absolute Gasteiger partial charge is 0.256 e. The molecule has 0 spiro atoms. The zero-order valence-corrected chi connectivity index (χ0v) is 21.9. The van der Waals surface area contributed by atoms with Crippen molar-refractivity contribution in [3.63, 3.8) is 0 Å². The predicted octanol–water partition coefficient (Wildman–Crippen LogP) is 4.84. The lowest BCUT2D eigenvalue weighted by atomic mass is 10.0. The van der Waals surface area contributed by atoms with Gasteiger partial charge in [0.2, 0.25) is 10.0 Å². The second kappa shape index (κ2) is 11.9. The van der Waals surface area contributed by atoms with Crippen molar-refractivity contribution in [2.24, 2.45) is 0 Å². The van der Waals surface area contributed by atoms with Crippen molar-refractivity contribution >= 4 is 32.3 Å². The number of nitrogens with one attached hydrogen (secondary N) is 1. The first-order chi connectivity index (χ1) is 16.3. The van der Waals surface area contributed by atoms with Crippen molar-refractivity contribution in [1.82, 2.24) is 9.21 Å². The fraction of sp³-hybridized carbons (Fsp3) is 0.520. The van der Waals surface area contributed by atoms with Crippen LogP contribution in [-0.2, 0) is 23.0 Å². The summed E-state index contributed by atoms with van der Waals surface area (Å²) in [6, 6.07) is 8.34. The maximum absolute atomic E-state index is 13.2. The van der Waals surface area contributed by atoms with E-state index in [2.05, 4.69) is 23.2 Å². The fourth-order valence-corrected chi connectivity index (χ4v) is 6.81. The molecule has 0 radical (unpaired) electrons. The number of amides is 1. The van der Waals surface area contributed by atoms with Crippen molar-refractivity contribution < 1.29 is 13.2 Å². The monoisotopic (exact) mass is 502 g/mol. The highest BCUT2D eigenvalue weighted by atomic mass is 32.2. The van der Waals surface area contributed by atoms with Gasteiger partial charge in [0.05, 0.1) is 10.5 Å². The van der Waals surface area contributed by atoms with Crippen LogP contribution in [-0.4, -0.2) is 49.7 Å². The van der Waals surface area contributed by atoms with E-state index < -0.39 is 10.0 Å². The van der Waals surface area contributed by atoms with Crippen LogP contribution in [0.1, 0.15) is 72.8 Å². The van der Waals surface area contributed by atoms with E-state index >= 15 is 0 Å². The number of thiophene rings is 1. The van der Waals surface area contributed by atoms with E-state index in [4.69, 9.17) is 0 Å². The van der Waals surface area contributed by atoms with Crippen molar-refractivity contribution in [3.8, 4) is 6.07 Å². The van der Waals surface area contributed by atoms with Gasteiger partial charge in [-0.15, -0.1) is 11.3 Å². The molecular formula is C25H34N4O3S2. The number of hydrogen-bond acceptors (Lipinski definition) is 6. The number of carbonyl (C=O) groups excluding carboxylic acids is 1. The first-order valence-corrected chi connectivity index (χ1v) is 14.3. The maximum atomic E-state index is 13.2. The Bertz CT molecular complexity index is 1130. The van der Waals surface area contributed by atoms with E-state index in [0.717, 1.165) is 62.2 Å². The number of sulfonamides is 1. The SMILES string of the molecule is CCCCN(CCCC)S(=O)(=O)c1ccc(C(=O)Nc2sc3c(c2C#N)CCN(CC)C3)cc1. The normalized spacial score (nSPS) is 14.1. The van der Waals surface area contributed by atoms with Gasteiger partial charge in [-0.3, -0.25) is 9.69 Å². The summed E-state index contributed by atoms with van der Waals surface area (Å²) in [4.78, 5) is 16.5. The molecule has 1 aromatic heterocycles. The third-order valence-electron chi connectivity index (χ3n) is 6.20. The minimum Gasteiger partial charge on any atom is -0.312 e. The zero-order chi connectivity index (χ0) is 24.7. The lowest BCUT2D eigenvalue weighted by molar-refractivity contribution is 0.102. The number of nitrogens with zero attached hydrogens (tertiary/aromatic N) is 3. The Balaban J connectivity index is 1.77. The second-order valence-electron chi connectivity index (χ2n) is 8.53. The van der Waals surface area contributed by atoms with E-state index in [-0.39, 0.29) is 10.8 Å². The van der Waals surface area contributed by atoms with Gasteiger partial charge in [-0.1, -0.05) is 33.6 Å². The molecule has 0 atom stereocenters. The van der Waals surface area contributed by atoms with Gasteiger partial charge >= 0.3 is 0 Å². The Morgan fingerprint density at radius 1 is 1.15 bits per heavy atom. The molecule has 0 fully saturated rings. The number of benzene rings is 1. The summed E-state index contributed by atoms with van der Waals surface area (Å²) in [7, 11) is -3.61. The van der Waals surface area contributed by atoms with E-state index in [1.165, 1.54) is 23.5 Å². The second-order valence-corrected chi connectivity index (χ2v) is 11.6. The van der Waals surface area contributed by atoms with Crippen LogP contribution in [0, 0.1) is 11.3 Å². The molecule has 1 N–H and O–H groups in total. The third kappa shape index (κ3) is 5.87. The summed E-state index contributed by atoms with van der Waals surface area (Å²) >= 11 is 1.46. The Morgan fingerprint density at radius 2 is 1.79 bits per heavy atom. The first kappa shape index (κ1) is 26.4. The molecule has 34 heavy (non-hydrogen) atoms. The lowest BCUT2D eigenvalue weighted by Crippen LogP contribution is -2.33. The molecule has 1 amide bonds. The summed E-state index contributed by atoms with van der Waals surface area (Å²) in [5, 5.41) is 13.1. The van der Waals surface area contributed by atoms with E-state index in [1.54, 1.807) is 16.4 Å². The Morgan fingerprint density at radius 3 is 2.35 bits per heavy atom. The Kier molecular flexibility index (Phi) is 9.25. The summed E-state index contributed by atoms with van der Waals surface area (Å²) in [5.41, 5.74) is 1.94. The van der Waals surface area contributed by atoms with Crippen LogP contribution in [0.25, 0.3) is 0 Å². The van der Waals surface area contributed by atoms with Gasteiger partial charge in [0.25, 0.3) is 5.91 Å². The molecule has 0 saturated carbocycles. The Labute approximate surface area is 207 Å². The molecule has 2 aromatic rings. The predicted molar refractivity (Wildman–Crippen MR) is 137 cm³/mol. The van der Waals surface area contributed by atoms with Crippen LogP contribution in [0.3, 0.4) is 0 Å². The maximum Gasteiger partial charge on any atom is 0.256 e. The van der Waals surface area contributed by atoms with Crippen LogP contribution in [0.15, 0.2) is 29.2 Å². The van der Waals surface area contributed by atoms with E-state index in [9.17, 15) is 18.5 Å². The van der Waals surface area contributed by atoms with Crippen molar-refractivity contribution in [2.45, 2.75) is 64.3 Å². The molecule has 184 valence electrons. The van der Waals surface area contributed by atoms with Gasteiger partial charge in [-0.25, -0.2) is 8.42 Å². The van der Waals surface area contributed by atoms with E-state index in [1.807, 2.05) is 13.8 Å².